The Kier molecular flexibility index (Phi) is 4.48. The van der Waals surface area contributed by atoms with Gasteiger partial charge in [-0.05, 0) is 13.0 Å². The second kappa shape index (κ2) is 6.39. The van der Waals surface area contributed by atoms with Crippen LogP contribution in [0.4, 0.5) is 4.39 Å². The first-order valence-corrected chi connectivity index (χ1v) is 7.76. The van der Waals surface area contributed by atoms with Gasteiger partial charge in [-0.3, -0.25) is 9.58 Å². The van der Waals surface area contributed by atoms with Crippen LogP contribution in [0.3, 0.4) is 0 Å². The van der Waals surface area contributed by atoms with Crippen LogP contribution in [0.15, 0.2) is 36.7 Å². The van der Waals surface area contributed by atoms with E-state index in [1.807, 2.05) is 20.2 Å². The summed E-state index contributed by atoms with van der Waals surface area (Å²) in [6.45, 7) is 4.30. The predicted molar refractivity (Wildman–Crippen MR) is 84.3 cm³/mol. The van der Waals surface area contributed by atoms with Gasteiger partial charge in [0.15, 0.2) is 0 Å². The summed E-state index contributed by atoms with van der Waals surface area (Å²) >= 11 is 0. The zero-order valence-electron chi connectivity index (χ0n) is 13.4. The molecule has 5 nitrogen and oxygen atoms in total. The molecule has 0 saturated carbocycles. The van der Waals surface area contributed by atoms with E-state index in [0.29, 0.717) is 31.8 Å². The fourth-order valence-corrected chi connectivity index (χ4v) is 3.06. The minimum atomic E-state index is -0.854. The van der Waals surface area contributed by atoms with E-state index in [4.69, 9.17) is 4.74 Å². The molecular weight excluding hydrogens is 297 g/mol. The van der Waals surface area contributed by atoms with Crippen molar-refractivity contribution in [2.45, 2.75) is 18.6 Å². The van der Waals surface area contributed by atoms with Crippen LogP contribution in [-0.2, 0) is 17.4 Å². The SMILES string of the molecule is Cn1cc(C2(C)CN(CC(O)c3ccccc3F)CCO2)cn1. The molecule has 0 spiro atoms. The number of rotatable bonds is 4. The van der Waals surface area contributed by atoms with Crippen LogP contribution < -0.4 is 0 Å². The number of hydrogen-bond acceptors (Lipinski definition) is 4. The van der Waals surface area contributed by atoms with Crippen LogP contribution in [0, 0.1) is 5.82 Å². The van der Waals surface area contributed by atoms with Crippen LogP contribution in [-0.4, -0.2) is 46.0 Å². The molecule has 23 heavy (non-hydrogen) atoms. The number of aliphatic hydroxyl groups excluding tert-OH is 1. The minimum Gasteiger partial charge on any atom is -0.387 e. The lowest BCUT2D eigenvalue weighted by atomic mass is 9.96. The third kappa shape index (κ3) is 3.44. The normalized spacial score (nSPS) is 23.8. The van der Waals surface area contributed by atoms with Gasteiger partial charge in [0.25, 0.3) is 0 Å². The molecule has 0 amide bonds. The maximum atomic E-state index is 13.8. The number of ether oxygens (including phenoxy) is 1. The first-order chi connectivity index (χ1) is 11.0. The molecule has 0 bridgehead atoms. The quantitative estimate of drug-likeness (QED) is 0.934. The van der Waals surface area contributed by atoms with Crippen LogP contribution in [0.2, 0.25) is 0 Å². The zero-order valence-corrected chi connectivity index (χ0v) is 13.4. The Labute approximate surface area is 135 Å². The van der Waals surface area contributed by atoms with Gasteiger partial charge in [-0.15, -0.1) is 0 Å². The van der Waals surface area contributed by atoms with Crippen molar-refractivity contribution in [2.24, 2.45) is 7.05 Å². The van der Waals surface area contributed by atoms with Gasteiger partial charge in [0, 0.05) is 44.0 Å². The number of nitrogens with zero attached hydrogens (tertiary/aromatic N) is 3. The zero-order chi connectivity index (χ0) is 16.4. The van der Waals surface area contributed by atoms with Crippen molar-refractivity contribution in [3.8, 4) is 0 Å². The summed E-state index contributed by atoms with van der Waals surface area (Å²) in [4.78, 5) is 2.10. The van der Waals surface area contributed by atoms with Gasteiger partial charge in [-0.25, -0.2) is 4.39 Å². The fourth-order valence-electron chi connectivity index (χ4n) is 3.06. The average molecular weight is 319 g/mol. The molecule has 1 aliphatic heterocycles. The predicted octanol–water partition coefficient (Wildman–Crippen LogP) is 1.84. The van der Waals surface area contributed by atoms with E-state index in [2.05, 4.69) is 10.00 Å². The Morgan fingerprint density at radius 3 is 2.91 bits per heavy atom. The summed E-state index contributed by atoms with van der Waals surface area (Å²) in [5.74, 6) is -0.372. The molecule has 3 rings (SSSR count). The van der Waals surface area contributed by atoms with Gasteiger partial charge < -0.3 is 9.84 Å². The van der Waals surface area contributed by atoms with E-state index in [-0.39, 0.29) is 5.82 Å². The maximum Gasteiger partial charge on any atom is 0.129 e. The number of aliphatic hydroxyl groups is 1. The molecule has 124 valence electrons. The van der Waals surface area contributed by atoms with E-state index in [0.717, 1.165) is 5.56 Å². The van der Waals surface area contributed by atoms with E-state index in [1.54, 1.807) is 29.1 Å². The van der Waals surface area contributed by atoms with Gasteiger partial charge in [0.2, 0.25) is 0 Å². The summed E-state index contributed by atoms with van der Waals surface area (Å²) < 4.78 is 21.5. The summed E-state index contributed by atoms with van der Waals surface area (Å²) in [5.41, 5.74) is 0.869. The lowest BCUT2D eigenvalue weighted by molar-refractivity contribution is -0.109. The number of aromatic nitrogens is 2. The molecule has 0 radical (unpaired) electrons. The second-order valence-corrected chi connectivity index (χ2v) is 6.25. The molecule has 1 aliphatic rings. The lowest BCUT2D eigenvalue weighted by Gasteiger charge is -2.40. The fraction of sp³-hybridized carbons (Fsp3) is 0.471. The second-order valence-electron chi connectivity index (χ2n) is 6.25. The topological polar surface area (TPSA) is 50.5 Å². The summed E-state index contributed by atoms with van der Waals surface area (Å²) in [7, 11) is 1.87. The Bertz CT molecular complexity index is 675. The Morgan fingerprint density at radius 1 is 1.43 bits per heavy atom. The average Bonchev–Trinajstić information content (AvgIpc) is 2.95. The molecule has 1 aromatic heterocycles. The highest BCUT2D eigenvalue weighted by Gasteiger charge is 2.35. The van der Waals surface area contributed by atoms with E-state index in [1.165, 1.54) is 6.07 Å². The molecule has 2 atom stereocenters. The molecule has 1 N–H and O–H groups in total. The Hall–Kier alpha value is -1.76. The summed E-state index contributed by atoms with van der Waals surface area (Å²) in [6.07, 6.45) is 2.89. The standard InChI is InChI=1S/C17H22FN3O2/c1-17(13-9-19-20(2)10-13)12-21(7-8-23-17)11-16(22)14-5-3-4-6-15(14)18/h3-6,9-10,16,22H,7-8,11-12H2,1-2H3. The highest BCUT2D eigenvalue weighted by atomic mass is 19.1. The highest BCUT2D eigenvalue weighted by molar-refractivity contribution is 5.20. The van der Waals surface area contributed by atoms with Gasteiger partial charge in [0.05, 0.1) is 18.9 Å². The maximum absolute atomic E-state index is 13.8. The van der Waals surface area contributed by atoms with Crippen molar-refractivity contribution in [1.29, 1.82) is 0 Å². The van der Waals surface area contributed by atoms with E-state index >= 15 is 0 Å². The molecule has 2 aromatic rings. The third-order valence-electron chi connectivity index (χ3n) is 4.36. The molecule has 1 aromatic carbocycles. The Morgan fingerprint density at radius 2 is 2.22 bits per heavy atom. The molecule has 6 heteroatoms. The number of halogens is 1. The molecule has 2 unspecified atom stereocenters. The van der Waals surface area contributed by atoms with Crippen molar-refractivity contribution >= 4 is 0 Å². The monoisotopic (exact) mass is 319 g/mol. The van der Waals surface area contributed by atoms with Gasteiger partial charge in [-0.1, -0.05) is 18.2 Å². The molecule has 2 heterocycles. The first-order valence-electron chi connectivity index (χ1n) is 7.76. The largest absolute Gasteiger partial charge is 0.387 e. The third-order valence-corrected chi connectivity index (χ3v) is 4.36. The van der Waals surface area contributed by atoms with Gasteiger partial charge in [-0.2, -0.15) is 5.10 Å². The first kappa shape index (κ1) is 16.1. The number of morpholine rings is 1. The van der Waals surface area contributed by atoms with Crippen LogP contribution in [0.1, 0.15) is 24.2 Å². The van der Waals surface area contributed by atoms with Crippen molar-refractivity contribution in [3.63, 3.8) is 0 Å². The Balaban J connectivity index is 1.70. The van der Waals surface area contributed by atoms with Crippen molar-refractivity contribution < 1.29 is 14.2 Å². The highest BCUT2D eigenvalue weighted by Crippen LogP contribution is 2.30. The number of benzene rings is 1. The van der Waals surface area contributed by atoms with Crippen molar-refractivity contribution in [1.82, 2.24) is 14.7 Å². The van der Waals surface area contributed by atoms with Crippen molar-refractivity contribution in [3.05, 3.63) is 53.6 Å². The summed E-state index contributed by atoms with van der Waals surface area (Å²) in [6, 6.07) is 6.36. The molecule has 0 aliphatic carbocycles. The van der Waals surface area contributed by atoms with Gasteiger partial charge >= 0.3 is 0 Å². The van der Waals surface area contributed by atoms with Gasteiger partial charge in [0.1, 0.15) is 11.4 Å². The number of aryl methyl sites for hydroxylation is 1. The van der Waals surface area contributed by atoms with Crippen LogP contribution >= 0.6 is 0 Å². The van der Waals surface area contributed by atoms with E-state index in [9.17, 15) is 9.50 Å². The lowest BCUT2D eigenvalue weighted by Crippen LogP contribution is -2.49. The molecule has 1 saturated heterocycles. The summed E-state index contributed by atoms with van der Waals surface area (Å²) in [5, 5.41) is 14.6. The van der Waals surface area contributed by atoms with Crippen LogP contribution in [0.5, 0.6) is 0 Å². The molecule has 1 fully saturated rings. The smallest absolute Gasteiger partial charge is 0.129 e. The van der Waals surface area contributed by atoms with Crippen LogP contribution in [0.25, 0.3) is 0 Å². The number of hydrogen-bond donors (Lipinski definition) is 1. The van der Waals surface area contributed by atoms with E-state index < -0.39 is 11.7 Å². The molecular formula is C17H22FN3O2. The van der Waals surface area contributed by atoms with Crippen molar-refractivity contribution in [2.75, 3.05) is 26.2 Å². The number of β-amino-alcohol motifs (C(OH)–C–C–N with tert-alkyl or cyclic N) is 1. The minimum absolute atomic E-state index is 0.335.